The third kappa shape index (κ3) is 5.21. The second-order valence-electron chi connectivity index (χ2n) is 5.78. The number of para-hydroxylation sites is 1. The Hall–Kier alpha value is -1.60. The first-order valence-electron chi connectivity index (χ1n) is 8.12. The minimum absolute atomic E-state index is 0.151. The Balaban J connectivity index is 1.90. The first-order valence-corrected chi connectivity index (χ1v) is 9.73. The molecule has 2 rings (SSSR count). The van der Waals surface area contributed by atoms with Crippen molar-refractivity contribution in [3.63, 3.8) is 0 Å². The van der Waals surface area contributed by atoms with Gasteiger partial charge in [-0.1, -0.05) is 31.5 Å². The van der Waals surface area contributed by atoms with Crippen LogP contribution in [0.2, 0.25) is 0 Å². The summed E-state index contributed by atoms with van der Waals surface area (Å²) in [6.45, 7) is 2.75. The van der Waals surface area contributed by atoms with E-state index in [0.29, 0.717) is 25.2 Å². The fraction of sp³-hybridized carbons (Fsp3) is 0.562. The van der Waals surface area contributed by atoms with Crippen LogP contribution in [0.25, 0.3) is 0 Å². The highest BCUT2D eigenvalue weighted by molar-refractivity contribution is 7.89. The normalized spacial score (nSPS) is 19.3. The van der Waals surface area contributed by atoms with E-state index < -0.39 is 10.0 Å². The van der Waals surface area contributed by atoms with E-state index in [1.807, 2.05) is 25.1 Å². The second kappa shape index (κ2) is 8.31. The summed E-state index contributed by atoms with van der Waals surface area (Å²) >= 11 is 0. The van der Waals surface area contributed by atoms with Gasteiger partial charge in [-0.2, -0.15) is 4.31 Å². The lowest BCUT2D eigenvalue weighted by Gasteiger charge is -2.34. The molecule has 1 aromatic rings. The maximum atomic E-state index is 12.3. The van der Waals surface area contributed by atoms with Crippen molar-refractivity contribution in [3.05, 3.63) is 30.3 Å². The lowest BCUT2D eigenvalue weighted by Crippen LogP contribution is -2.50. The SMILES string of the molecule is CCCS(=O)(=O)N1CCCCC1CNC(=O)Nc1ccccc1. The minimum Gasteiger partial charge on any atom is -0.336 e. The van der Waals surface area contributed by atoms with Crippen molar-refractivity contribution in [2.24, 2.45) is 0 Å². The number of amides is 2. The second-order valence-corrected chi connectivity index (χ2v) is 7.82. The summed E-state index contributed by atoms with van der Waals surface area (Å²) in [4.78, 5) is 11.9. The molecule has 128 valence electrons. The molecule has 1 aliphatic rings. The number of benzene rings is 1. The molecule has 0 bridgehead atoms. The number of sulfonamides is 1. The molecule has 0 saturated carbocycles. The summed E-state index contributed by atoms with van der Waals surface area (Å²) in [7, 11) is -3.23. The van der Waals surface area contributed by atoms with E-state index in [0.717, 1.165) is 19.3 Å². The largest absolute Gasteiger partial charge is 0.336 e. The highest BCUT2D eigenvalue weighted by Crippen LogP contribution is 2.20. The standard InChI is InChI=1S/C16H25N3O3S/c1-2-12-23(21,22)19-11-7-6-10-15(19)13-17-16(20)18-14-8-4-3-5-9-14/h3-5,8-9,15H,2,6-7,10-13H2,1H3,(H2,17,18,20). The van der Waals surface area contributed by atoms with Crippen molar-refractivity contribution < 1.29 is 13.2 Å². The van der Waals surface area contributed by atoms with Crippen molar-refractivity contribution in [3.8, 4) is 0 Å². The van der Waals surface area contributed by atoms with Crippen molar-refractivity contribution in [2.45, 2.75) is 38.6 Å². The monoisotopic (exact) mass is 339 g/mol. The molecule has 0 spiro atoms. The van der Waals surface area contributed by atoms with E-state index in [9.17, 15) is 13.2 Å². The molecule has 1 fully saturated rings. The van der Waals surface area contributed by atoms with E-state index >= 15 is 0 Å². The van der Waals surface area contributed by atoms with E-state index in [-0.39, 0.29) is 17.8 Å². The van der Waals surface area contributed by atoms with Gasteiger partial charge in [0.25, 0.3) is 0 Å². The Kier molecular flexibility index (Phi) is 6.41. The average Bonchev–Trinajstić information content (AvgIpc) is 2.54. The Morgan fingerprint density at radius 3 is 2.70 bits per heavy atom. The fourth-order valence-corrected chi connectivity index (χ4v) is 4.62. The molecule has 1 unspecified atom stereocenters. The number of hydrogen-bond donors (Lipinski definition) is 2. The van der Waals surface area contributed by atoms with E-state index in [1.54, 1.807) is 16.4 Å². The van der Waals surface area contributed by atoms with Crippen molar-refractivity contribution in [1.29, 1.82) is 0 Å². The van der Waals surface area contributed by atoms with Gasteiger partial charge in [-0.25, -0.2) is 13.2 Å². The summed E-state index contributed by atoms with van der Waals surface area (Å²) in [5.41, 5.74) is 0.712. The van der Waals surface area contributed by atoms with E-state index in [1.165, 1.54) is 0 Å². The van der Waals surface area contributed by atoms with Crippen LogP contribution in [-0.2, 0) is 10.0 Å². The number of carbonyl (C=O) groups is 1. The van der Waals surface area contributed by atoms with Gasteiger partial charge in [-0.05, 0) is 31.4 Å². The van der Waals surface area contributed by atoms with Crippen molar-refractivity contribution in [1.82, 2.24) is 9.62 Å². The highest BCUT2D eigenvalue weighted by atomic mass is 32.2. The van der Waals surface area contributed by atoms with Gasteiger partial charge in [0.15, 0.2) is 0 Å². The summed E-state index contributed by atoms with van der Waals surface area (Å²) < 4.78 is 26.2. The zero-order chi connectivity index (χ0) is 16.7. The quantitative estimate of drug-likeness (QED) is 0.835. The van der Waals surface area contributed by atoms with Crippen LogP contribution in [0.3, 0.4) is 0 Å². The number of carbonyl (C=O) groups excluding carboxylic acids is 1. The van der Waals surface area contributed by atoms with Gasteiger partial charge in [0, 0.05) is 24.8 Å². The zero-order valence-corrected chi connectivity index (χ0v) is 14.3. The van der Waals surface area contributed by atoms with Crippen LogP contribution in [-0.4, -0.2) is 43.6 Å². The molecule has 23 heavy (non-hydrogen) atoms. The maximum absolute atomic E-state index is 12.3. The Labute approximate surface area is 138 Å². The number of anilines is 1. The van der Waals surface area contributed by atoms with Gasteiger partial charge in [-0.3, -0.25) is 0 Å². The summed E-state index contributed by atoms with van der Waals surface area (Å²) in [6, 6.07) is 8.71. The molecule has 0 aliphatic carbocycles. The molecule has 1 aromatic carbocycles. The fourth-order valence-electron chi connectivity index (χ4n) is 2.83. The molecule has 7 heteroatoms. The van der Waals surface area contributed by atoms with Crippen LogP contribution in [0, 0.1) is 0 Å². The molecule has 1 saturated heterocycles. The van der Waals surface area contributed by atoms with Crippen LogP contribution in [0.5, 0.6) is 0 Å². The summed E-state index contributed by atoms with van der Waals surface area (Å²) in [5, 5.41) is 5.53. The predicted octanol–water partition coefficient (Wildman–Crippen LogP) is 2.40. The highest BCUT2D eigenvalue weighted by Gasteiger charge is 2.31. The first kappa shape index (κ1) is 17.7. The topological polar surface area (TPSA) is 78.5 Å². The van der Waals surface area contributed by atoms with Crippen molar-refractivity contribution in [2.75, 3.05) is 24.2 Å². The molecular weight excluding hydrogens is 314 g/mol. The Morgan fingerprint density at radius 2 is 2.00 bits per heavy atom. The predicted molar refractivity (Wildman–Crippen MR) is 91.9 cm³/mol. The third-order valence-corrected chi connectivity index (χ3v) is 6.04. The third-order valence-electron chi connectivity index (χ3n) is 3.92. The molecule has 1 aliphatic heterocycles. The number of nitrogens with one attached hydrogen (secondary N) is 2. The van der Waals surface area contributed by atoms with Crippen LogP contribution in [0.4, 0.5) is 10.5 Å². The van der Waals surface area contributed by atoms with Crippen LogP contribution < -0.4 is 10.6 Å². The smallest absolute Gasteiger partial charge is 0.319 e. The molecular formula is C16H25N3O3S. The number of piperidine rings is 1. The van der Waals surface area contributed by atoms with E-state index in [2.05, 4.69) is 10.6 Å². The molecule has 6 nitrogen and oxygen atoms in total. The molecule has 0 radical (unpaired) electrons. The Bertz CT molecular complexity index is 604. The first-order chi connectivity index (χ1) is 11.0. The minimum atomic E-state index is -3.23. The molecule has 2 amide bonds. The van der Waals surface area contributed by atoms with Gasteiger partial charge in [0.2, 0.25) is 10.0 Å². The van der Waals surface area contributed by atoms with Gasteiger partial charge >= 0.3 is 6.03 Å². The maximum Gasteiger partial charge on any atom is 0.319 e. The van der Waals surface area contributed by atoms with Gasteiger partial charge in [0.05, 0.1) is 5.75 Å². The number of hydrogen-bond acceptors (Lipinski definition) is 3. The number of nitrogens with zero attached hydrogens (tertiary/aromatic N) is 1. The van der Waals surface area contributed by atoms with Crippen molar-refractivity contribution >= 4 is 21.7 Å². The zero-order valence-electron chi connectivity index (χ0n) is 13.5. The number of rotatable bonds is 6. The van der Waals surface area contributed by atoms with Gasteiger partial charge < -0.3 is 10.6 Å². The Morgan fingerprint density at radius 1 is 1.26 bits per heavy atom. The van der Waals surface area contributed by atoms with E-state index in [4.69, 9.17) is 0 Å². The molecule has 0 aromatic heterocycles. The van der Waals surface area contributed by atoms with Gasteiger partial charge in [-0.15, -0.1) is 0 Å². The lowest BCUT2D eigenvalue weighted by atomic mass is 10.1. The van der Waals surface area contributed by atoms with Crippen LogP contribution >= 0.6 is 0 Å². The molecule has 1 heterocycles. The molecule has 1 atom stereocenters. The average molecular weight is 339 g/mol. The van der Waals surface area contributed by atoms with Crippen LogP contribution in [0.1, 0.15) is 32.6 Å². The summed E-state index contributed by atoms with van der Waals surface area (Å²) in [6.07, 6.45) is 3.27. The molecule has 2 N–H and O–H groups in total. The van der Waals surface area contributed by atoms with Gasteiger partial charge in [0.1, 0.15) is 0 Å². The lowest BCUT2D eigenvalue weighted by molar-refractivity contribution is 0.231. The number of urea groups is 1. The summed E-state index contributed by atoms with van der Waals surface area (Å²) in [5.74, 6) is 0.166. The van der Waals surface area contributed by atoms with Crippen LogP contribution in [0.15, 0.2) is 30.3 Å².